The van der Waals surface area contributed by atoms with Crippen LogP contribution in [0.2, 0.25) is 0 Å². The van der Waals surface area contributed by atoms with Crippen LogP contribution in [0.25, 0.3) is 0 Å². The van der Waals surface area contributed by atoms with Gasteiger partial charge in [-0.25, -0.2) is 0 Å². The largest absolute Gasteiger partial charge is 0.384 e. The Morgan fingerprint density at radius 2 is 2.07 bits per heavy atom. The second kappa shape index (κ2) is 3.99. The first-order valence-corrected chi connectivity index (χ1v) is 6.19. The summed E-state index contributed by atoms with van der Waals surface area (Å²) < 4.78 is 0. The molecule has 2 nitrogen and oxygen atoms in total. The maximum Gasteiger partial charge on any atom is 0.159 e. The molecule has 2 rings (SSSR count). The summed E-state index contributed by atoms with van der Waals surface area (Å²) in [6.07, 6.45) is 0.803. The Kier molecular flexibility index (Phi) is 2.85. The lowest BCUT2D eigenvalue weighted by molar-refractivity contribution is 0.0657. The van der Waals surface area contributed by atoms with Crippen LogP contribution in [0.1, 0.15) is 29.3 Å². The molecule has 1 fully saturated rings. The van der Waals surface area contributed by atoms with Crippen LogP contribution in [-0.2, 0) is 5.60 Å². The molecule has 0 spiro atoms. The number of aliphatic hydroxyl groups is 1. The SMILES string of the molecule is CC(=O)c1ccc(C2(O)CCSC2)cc1. The molecule has 1 aliphatic heterocycles. The number of carbonyl (C=O) groups is 1. The van der Waals surface area contributed by atoms with Crippen LogP contribution in [0.5, 0.6) is 0 Å². The fourth-order valence-electron chi connectivity index (χ4n) is 1.80. The smallest absolute Gasteiger partial charge is 0.159 e. The van der Waals surface area contributed by atoms with E-state index in [0.717, 1.165) is 23.5 Å². The van der Waals surface area contributed by atoms with Crippen molar-refractivity contribution >= 4 is 17.5 Å². The standard InChI is InChI=1S/C12H14O2S/c1-9(13)10-2-4-11(5-3-10)12(14)6-7-15-8-12/h2-5,14H,6-8H2,1H3. The van der Waals surface area contributed by atoms with E-state index in [4.69, 9.17) is 0 Å². The van der Waals surface area contributed by atoms with E-state index >= 15 is 0 Å². The van der Waals surface area contributed by atoms with Crippen LogP contribution in [-0.4, -0.2) is 22.4 Å². The molecule has 1 N–H and O–H groups in total. The molecule has 0 saturated carbocycles. The fraction of sp³-hybridized carbons (Fsp3) is 0.417. The highest BCUT2D eigenvalue weighted by Crippen LogP contribution is 2.36. The van der Waals surface area contributed by atoms with Crippen LogP contribution in [0.15, 0.2) is 24.3 Å². The van der Waals surface area contributed by atoms with Gasteiger partial charge in [-0.1, -0.05) is 24.3 Å². The van der Waals surface area contributed by atoms with Gasteiger partial charge in [-0.3, -0.25) is 4.79 Å². The second-order valence-electron chi connectivity index (χ2n) is 3.97. The van der Waals surface area contributed by atoms with Crippen molar-refractivity contribution in [3.8, 4) is 0 Å². The van der Waals surface area contributed by atoms with Crippen molar-refractivity contribution in [3.05, 3.63) is 35.4 Å². The van der Waals surface area contributed by atoms with Gasteiger partial charge in [0.15, 0.2) is 5.78 Å². The van der Waals surface area contributed by atoms with Gasteiger partial charge in [0.2, 0.25) is 0 Å². The molecule has 0 aliphatic carbocycles. The normalized spacial score (nSPS) is 25.5. The number of carbonyl (C=O) groups excluding carboxylic acids is 1. The average Bonchev–Trinajstić information content (AvgIpc) is 2.67. The lowest BCUT2D eigenvalue weighted by atomic mass is 9.92. The summed E-state index contributed by atoms with van der Waals surface area (Å²) in [4.78, 5) is 11.1. The summed E-state index contributed by atoms with van der Waals surface area (Å²) in [5.74, 6) is 1.83. The number of rotatable bonds is 2. The predicted octanol–water partition coefficient (Wildman–Crippen LogP) is 2.21. The molecule has 1 atom stereocenters. The Hall–Kier alpha value is -0.800. The maximum atomic E-state index is 11.1. The molecule has 1 heterocycles. The van der Waals surface area contributed by atoms with Crippen molar-refractivity contribution in [3.63, 3.8) is 0 Å². The van der Waals surface area contributed by atoms with Crippen molar-refractivity contribution < 1.29 is 9.90 Å². The van der Waals surface area contributed by atoms with E-state index in [1.807, 2.05) is 12.1 Å². The first-order chi connectivity index (χ1) is 7.12. The van der Waals surface area contributed by atoms with Gasteiger partial charge in [0.05, 0.1) is 5.60 Å². The number of hydrogen-bond donors (Lipinski definition) is 1. The van der Waals surface area contributed by atoms with Crippen LogP contribution in [0, 0.1) is 0 Å². The highest BCUT2D eigenvalue weighted by Gasteiger charge is 2.33. The molecule has 0 bridgehead atoms. The molecule has 1 unspecified atom stereocenters. The van der Waals surface area contributed by atoms with E-state index < -0.39 is 5.60 Å². The minimum Gasteiger partial charge on any atom is -0.384 e. The molecular weight excluding hydrogens is 208 g/mol. The van der Waals surface area contributed by atoms with Gasteiger partial charge in [-0.05, 0) is 24.7 Å². The lowest BCUT2D eigenvalue weighted by Crippen LogP contribution is -2.24. The summed E-state index contributed by atoms with van der Waals surface area (Å²) in [6.45, 7) is 1.55. The molecule has 80 valence electrons. The van der Waals surface area contributed by atoms with Gasteiger partial charge in [0.25, 0.3) is 0 Å². The van der Waals surface area contributed by atoms with E-state index in [0.29, 0.717) is 5.56 Å². The van der Waals surface area contributed by atoms with Crippen LogP contribution in [0.3, 0.4) is 0 Å². The molecule has 1 aromatic carbocycles. The number of ketones is 1. The lowest BCUT2D eigenvalue weighted by Gasteiger charge is -2.21. The van der Waals surface area contributed by atoms with E-state index in [2.05, 4.69) is 0 Å². The van der Waals surface area contributed by atoms with Crippen LogP contribution < -0.4 is 0 Å². The van der Waals surface area contributed by atoms with Gasteiger partial charge < -0.3 is 5.11 Å². The molecule has 0 aromatic heterocycles. The fourth-order valence-corrected chi connectivity index (χ4v) is 3.07. The predicted molar refractivity (Wildman–Crippen MR) is 62.3 cm³/mol. The third-order valence-corrected chi connectivity index (χ3v) is 4.00. The monoisotopic (exact) mass is 222 g/mol. The topological polar surface area (TPSA) is 37.3 Å². The number of hydrogen-bond acceptors (Lipinski definition) is 3. The minimum absolute atomic E-state index is 0.0642. The zero-order valence-corrected chi connectivity index (χ0v) is 9.51. The molecular formula is C12H14O2S. The van der Waals surface area contributed by atoms with Crippen molar-refractivity contribution in [2.75, 3.05) is 11.5 Å². The molecule has 1 saturated heterocycles. The van der Waals surface area contributed by atoms with E-state index in [1.54, 1.807) is 30.8 Å². The molecule has 1 aromatic rings. The summed E-state index contributed by atoms with van der Waals surface area (Å²) >= 11 is 1.77. The Morgan fingerprint density at radius 3 is 2.53 bits per heavy atom. The number of benzene rings is 1. The van der Waals surface area contributed by atoms with Crippen molar-refractivity contribution in [1.82, 2.24) is 0 Å². The van der Waals surface area contributed by atoms with Gasteiger partial charge in [0.1, 0.15) is 0 Å². The van der Waals surface area contributed by atoms with Gasteiger partial charge in [0, 0.05) is 11.3 Å². The Morgan fingerprint density at radius 1 is 1.40 bits per heavy atom. The maximum absolute atomic E-state index is 11.1. The summed E-state index contributed by atoms with van der Waals surface area (Å²) in [6, 6.07) is 7.31. The second-order valence-corrected chi connectivity index (χ2v) is 5.07. The number of Topliss-reactive ketones (excluding diaryl/α,β-unsaturated/α-hetero) is 1. The molecule has 3 heteroatoms. The van der Waals surface area contributed by atoms with E-state index in [9.17, 15) is 9.90 Å². The van der Waals surface area contributed by atoms with Crippen LogP contribution in [0.4, 0.5) is 0 Å². The van der Waals surface area contributed by atoms with Crippen molar-refractivity contribution in [2.24, 2.45) is 0 Å². The average molecular weight is 222 g/mol. The highest BCUT2D eigenvalue weighted by atomic mass is 32.2. The quantitative estimate of drug-likeness (QED) is 0.780. The van der Waals surface area contributed by atoms with Crippen molar-refractivity contribution in [1.29, 1.82) is 0 Å². The molecule has 0 radical (unpaired) electrons. The van der Waals surface area contributed by atoms with Gasteiger partial charge >= 0.3 is 0 Å². The zero-order chi connectivity index (χ0) is 10.9. The van der Waals surface area contributed by atoms with E-state index in [-0.39, 0.29) is 5.78 Å². The van der Waals surface area contributed by atoms with E-state index in [1.165, 1.54) is 0 Å². The van der Waals surface area contributed by atoms with Gasteiger partial charge in [-0.15, -0.1) is 0 Å². The van der Waals surface area contributed by atoms with Gasteiger partial charge in [-0.2, -0.15) is 11.8 Å². The third-order valence-electron chi connectivity index (χ3n) is 2.83. The first kappa shape index (κ1) is 10.7. The molecule has 1 aliphatic rings. The van der Waals surface area contributed by atoms with Crippen LogP contribution >= 0.6 is 11.8 Å². The Balaban J connectivity index is 2.26. The minimum atomic E-state index is -0.681. The summed E-state index contributed by atoms with van der Waals surface area (Å²) in [5, 5.41) is 10.3. The Labute approximate surface area is 93.7 Å². The highest BCUT2D eigenvalue weighted by molar-refractivity contribution is 7.99. The van der Waals surface area contributed by atoms with Crippen molar-refractivity contribution in [2.45, 2.75) is 18.9 Å². The zero-order valence-electron chi connectivity index (χ0n) is 8.69. The molecule has 15 heavy (non-hydrogen) atoms. The first-order valence-electron chi connectivity index (χ1n) is 5.03. The molecule has 0 amide bonds. The third kappa shape index (κ3) is 2.08. The Bertz CT molecular complexity index is 364. The summed E-state index contributed by atoms with van der Waals surface area (Å²) in [5.41, 5.74) is 0.950. The summed E-state index contributed by atoms with van der Waals surface area (Å²) in [7, 11) is 0. The number of thioether (sulfide) groups is 1.